The Hall–Kier alpha value is -2.28. The molecule has 7 heteroatoms. The highest BCUT2D eigenvalue weighted by atomic mass is 16.5. The predicted octanol–water partition coefficient (Wildman–Crippen LogP) is 2.48. The number of carbonyl (C=O) groups is 2. The number of carboxylic acids is 1. The molecule has 144 valence electrons. The molecule has 0 saturated heterocycles. The predicted molar refractivity (Wildman–Crippen MR) is 95.8 cm³/mol. The molecule has 0 bridgehead atoms. The van der Waals surface area contributed by atoms with E-state index in [1.54, 1.807) is 32.2 Å². The van der Waals surface area contributed by atoms with Gasteiger partial charge in [0, 0.05) is 24.1 Å². The second-order valence-corrected chi connectivity index (χ2v) is 7.16. The Kier molecular flexibility index (Phi) is 5.81. The molecule has 0 spiro atoms. The van der Waals surface area contributed by atoms with Crippen LogP contribution < -0.4 is 14.8 Å². The van der Waals surface area contributed by atoms with Gasteiger partial charge in [0.1, 0.15) is 0 Å². The number of carbonyl (C=O) groups excluding carboxylic acids is 1. The lowest BCUT2D eigenvalue weighted by molar-refractivity contribution is -0.177. The van der Waals surface area contributed by atoms with Crippen molar-refractivity contribution in [2.75, 3.05) is 20.3 Å². The molecule has 1 amide bonds. The number of ether oxygens (including phenoxy) is 3. The second-order valence-electron chi connectivity index (χ2n) is 7.16. The zero-order valence-electron chi connectivity index (χ0n) is 15.9. The third-order valence-electron chi connectivity index (χ3n) is 5.44. The SMILES string of the molecule is CCOc1cc(C(=O)N[C@@H]2C[C@](C)(OC)C2(C)C)ccc1OCC(=O)O. The molecule has 0 unspecified atom stereocenters. The molecule has 0 heterocycles. The molecule has 0 radical (unpaired) electrons. The first-order valence-corrected chi connectivity index (χ1v) is 8.62. The fraction of sp³-hybridized carbons (Fsp3) is 0.579. The van der Waals surface area contributed by atoms with Crippen molar-refractivity contribution in [2.24, 2.45) is 5.41 Å². The van der Waals surface area contributed by atoms with Crippen LogP contribution in [0.2, 0.25) is 0 Å². The van der Waals surface area contributed by atoms with E-state index in [0.717, 1.165) is 6.42 Å². The van der Waals surface area contributed by atoms with E-state index in [1.807, 2.05) is 6.92 Å². The Bertz CT molecular complexity index is 687. The van der Waals surface area contributed by atoms with Gasteiger partial charge in [-0.2, -0.15) is 0 Å². The van der Waals surface area contributed by atoms with Gasteiger partial charge >= 0.3 is 5.97 Å². The highest BCUT2D eigenvalue weighted by molar-refractivity contribution is 5.95. The van der Waals surface area contributed by atoms with Crippen LogP contribution in [0, 0.1) is 5.41 Å². The summed E-state index contributed by atoms with van der Waals surface area (Å²) in [6, 6.07) is 4.71. The van der Waals surface area contributed by atoms with Gasteiger partial charge in [0.2, 0.25) is 0 Å². The Morgan fingerprint density at radius 1 is 1.23 bits per heavy atom. The number of hydrogen-bond donors (Lipinski definition) is 2. The average Bonchev–Trinajstić information content (AvgIpc) is 2.59. The Labute approximate surface area is 153 Å². The lowest BCUT2D eigenvalue weighted by Gasteiger charge is -2.59. The van der Waals surface area contributed by atoms with Gasteiger partial charge in [0.05, 0.1) is 12.2 Å². The zero-order valence-corrected chi connectivity index (χ0v) is 15.9. The van der Waals surface area contributed by atoms with Crippen molar-refractivity contribution in [2.45, 2.75) is 45.8 Å². The number of benzene rings is 1. The van der Waals surface area contributed by atoms with Crippen molar-refractivity contribution in [3.05, 3.63) is 23.8 Å². The van der Waals surface area contributed by atoms with E-state index in [2.05, 4.69) is 19.2 Å². The summed E-state index contributed by atoms with van der Waals surface area (Å²) in [6.45, 7) is 7.88. The molecule has 0 aliphatic heterocycles. The van der Waals surface area contributed by atoms with Crippen LogP contribution in [-0.4, -0.2) is 48.9 Å². The summed E-state index contributed by atoms with van der Waals surface area (Å²) >= 11 is 0. The van der Waals surface area contributed by atoms with Crippen LogP contribution in [0.25, 0.3) is 0 Å². The molecule has 7 nitrogen and oxygen atoms in total. The molecule has 1 aliphatic carbocycles. The first kappa shape index (κ1) is 20.0. The van der Waals surface area contributed by atoms with E-state index < -0.39 is 12.6 Å². The van der Waals surface area contributed by atoms with Gasteiger partial charge < -0.3 is 24.6 Å². The fourth-order valence-electron chi connectivity index (χ4n) is 3.14. The number of methoxy groups -OCH3 is 1. The standard InChI is InChI=1S/C19H27NO6/c1-6-25-14-9-12(7-8-13(14)26-11-16(21)22)17(23)20-15-10-19(4,24-5)18(15,2)3/h7-9,15H,6,10-11H2,1-5H3,(H,20,23)(H,21,22)/t15-,19+/m1/s1. The number of hydrogen-bond acceptors (Lipinski definition) is 5. The third kappa shape index (κ3) is 3.77. The van der Waals surface area contributed by atoms with E-state index in [4.69, 9.17) is 19.3 Å². The minimum absolute atomic E-state index is 0.00145. The van der Waals surface area contributed by atoms with Crippen LogP contribution in [0.1, 0.15) is 44.5 Å². The van der Waals surface area contributed by atoms with Gasteiger partial charge in [-0.05, 0) is 38.5 Å². The molecular weight excluding hydrogens is 338 g/mol. The summed E-state index contributed by atoms with van der Waals surface area (Å²) in [5, 5.41) is 11.8. The van der Waals surface area contributed by atoms with E-state index in [1.165, 1.54) is 0 Å². The molecular formula is C19H27NO6. The minimum atomic E-state index is -1.08. The van der Waals surface area contributed by atoms with E-state index in [-0.39, 0.29) is 23.0 Å². The average molecular weight is 365 g/mol. The molecule has 1 aromatic rings. The molecule has 1 saturated carbocycles. The number of amides is 1. The summed E-state index contributed by atoms with van der Waals surface area (Å²) in [7, 11) is 1.68. The van der Waals surface area contributed by atoms with Crippen LogP contribution in [0.5, 0.6) is 11.5 Å². The van der Waals surface area contributed by atoms with Crippen molar-refractivity contribution in [3.8, 4) is 11.5 Å². The lowest BCUT2D eigenvalue weighted by atomic mass is 9.56. The van der Waals surface area contributed by atoms with Gasteiger partial charge in [-0.25, -0.2) is 4.79 Å². The molecule has 1 aromatic carbocycles. The van der Waals surface area contributed by atoms with Gasteiger partial charge in [0.15, 0.2) is 18.1 Å². The van der Waals surface area contributed by atoms with Crippen LogP contribution >= 0.6 is 0 Å². The number of aliphatic carboxylic acids is 1. The third-order valence-corrected chi connectivity index (χ3v) is 5.44. The van der Waals surface area contributed by atoms with Gasteiger partial charge in [0.25, 0.3) is 5.91 Å². The van der Waals surface area contributed by atoms with Crippen LogP contribution in [-0.2, 0) is 9.53 Å². The Morgan fingerprint density at radius 2 is 1.92 bits per heavy atom. The molecule has 26 heavy (non-hydrogen) atoms. The summed E-state index contributed by atoms with van der Waals surface area (Å²) in [4.78, 5) is 23.3. The monoisotopic (exact) mass is 365 g/mol. The van der Waals surface area contributed by atoms with Crippen molar-refractivity contribution in [1.29, 1.82) is 0 Å². The summed E-state index contributed by atoms with van der Waals surface area (Å²) in [5.74, 6) is -0.660. The van der Waals surface area contributed by atoms with Gasteiger partial charge in [-0.3, -0.25) is 4.79 Å². The molecule has 1 aliphatic rings. The van der Waals surface area contributed by atoms with Crippen molar-refractivity contribution in [3.63, 3.8) is 0 Å². The maximum Gasteiger partial charge on any atom is 0.341 e. The maximum atomic E-state index is 12.6. The molecule has 0 aromatic heterocycles. The number of nitrogens with one attached hydrogen (secondary N) is 1. The van der Waals surface area contributed by atoms with E-state index in [0.29, 0.717) is 23.7 Å². The number of carboxylic acid groups (broad SMARTS) is 1. The first-order chi connectivity index (χ1) is 12.1. The molecule has 2 rings (SSSR count). The Morgan fingerprint density at radius 3 is 2.46 bits per heavy atom. The summed E-state index contributed by atoms with van der Waals surface area (Å²) < 4.78 is 16.3. The van der Waals surface area contributed by atoms with Gasteiger partial charge in [-0.15, -0.1) is 0 Å². The summed E-state index contributed by atoms with van der Waals surface area (Å²) in [6.07, 6.45) is 0.736. The Balaban J connectivity index is 2.12. The molecule has 2 atom stereocenters. The largest absolute Gasteiger partial charge is 0.490 e. The van der Waals surface area contributed by atoms with E-state index >= 15 is 0 Å². The zero-order chi connectivity index (χ0) is 19.5. The smallest absolute Gasteiger partial charge is 0.341 e. The fourth-order valence-corrected chi connectivity index (χ4v) is 3.14. The van der Waals surface area contributed by atoms with Crippen molar-refractivity contribution in [1.82, 2.24) is 5.32 Å². The van der Waals surface area contributed by atoms with Gasteiger partial charge in [-0.1, -0.05) is 13.8 Å². The highest BCUT2D eigenvalue weighted by Gasteiger charge is 2.58. The quantitative estimate of drug-likeness (QED) is 0.735. The van der Waals surface area contributed by atoms with E-state index in [9.17, 15) is 9.59 Å². The number of rotatable bonds is 8. The van der Waals surface area contributed by atoms with Crippen molar-refractivity contribution < 1.29 is 28.9 Å². The van der Waals surface area contributed by atoms with Crippen LogP contribution in [0.3, 0.4) is 0 Å². The maximum absolute atomic E-state index is 12.6. The molecule has 2 N–H and O–H groups in total. The van der Waals surface area contributed by atoms with Crippen LogP contribution in [0.15, 0.2) is 18.2 Å². The topological polar surface area (TPSA) is 94.1 Å². The molecule has 1 fully saturated rings. The van der Waals surface area contributed by atoms with Crippen molar-refractivity contribution >= 4 is 11.9 Å². The highest BCUT2D eigenvalue weighted by Crippen LogP contribution is 2.51. The lowest BCUT2D eigenvalue weighted by Crippen LogP contribution is -2.68. The first-order valence-electron chi connectivity index (χ1n) is 8.62. The summed E-state index contributed by atoms with van der Waals surface area (Å²) in [5.41, 5.74) is -0.0290. The normalized spacial score (nSPS) is 23.7. The minimum Gasteiger partial charge on any atom is -0.490 e. The second kappa shape index (κ2) is 7.53. The van der Waals surface area contributed by atoms with Crippen LogP contribution in [0.4, 0.5) is 0 Å².